The topological polar surface area (TPSA) is 67.4 Å². The third-order valence-corrected chi connectivity index (χ3v) is 3.66. The lowest BCUT2D eigenvalue weighted by atomic mass is 10.1. The van der Waals surface area contributed by atoms with Crippen LogP contribution in [0, 0.1) is 0 Å². The van der Waals surface area contributed by atoms with Crippen molar-refractivity contribution >= 4 is 29.1 Å². The van der Waals surface area contributed by atoms with E-state index in [-0.39, 0.29) is 11.8 Å². The molecule has 0 saturated heterocycles. The second-order valence-electron chi connectivity index (χ2n) is 5.22. The Morgan fingerprint density at radius 1 is 1.20 bits per heavy atom. The number of anilines is 1. The maximum Gasteiger partial charge on any atom is 0.265 e. The van der Waals surface area contributed by atoms with Gasteiger partial charge in [-0.25, -0.2) is 0 Å². The van der Waals surface area contributed by atoms with Crippen molar-refractivity contribution in [3.8, 4) is 5.75 Å². The number of para-hydroxylation sites is 2. The lowest BCUT2D eigenvalue weighted by Gasteiger charge is -2.17. The molecule has 0 saturated carbocycles. The molecule has 2 aromatic rings. The summed E-state index contributed by atoms with van der Waals surface area (Å²) in [6.45, 7) is 5.51. The molecule has 1 atom stereocenters. The highest BCUT2D eigenvalue weighted by Crippen LogP contribution is 2.24. The zero-order valence-corrected chi connectivity index (χ0v) is 14.5. The zero-order valence-electron chi connectivity index (χ0n) is 13.8. The van der Waals surface area contributed by atoms with Gasteiger partial charge in [-0.3, -0.25) is 9.59 Å². The standard InChI is InChI=1S/C19H19ClN2O3/c1-3-12-21-19(24)14-8-4-6-10-16(14)22-18(23)13(2)25-17-11-7-5-9-15(17)20/h3-11,13H,1,12H2,2H3,(H,21,24)(H,22,23)/t13-/m0/s1. The van der Waals surface area contributed by atoms with Gasteiger partial charge in [0.1, 0.15) is 5.75 Å². The molecule has 6 heteroatoms. The van der Waals surface area contributed by atoms with Gasteiger partial charge in [0.2, 0.25) is 0 Å². The highest BCUT2D eigenvalue weighted by Gasteiger charge is 2.19. The molecule has 0 fully saturated rings. The molecule has 0 aromatic heterocycles. The average molecular weight is 359 g/mol. The van der Waals surface area contributed by atoms with Crippen molar-refractivity contribution in [2.45, 2.75) is 13.0 Å². The van der Waals surface area contributed by atoms with Crippen molar-refractivity contribution in [3.05, 3.63) is 71.8 Å². The van der Waals surface area contributed by atoms with Crippen LogP contribution in [-0.4, -0.2) is 24.5 Å². The average Bonchev–Trinajstić information content (AvgIpc) is 2.62. The van der Waals surface area contributed by atoms with Crippen molar-refractivity contribution in [3.63, 3.8) is 0 Å². The van der Waals surface area contributed by atoms with Gasteiger partial charge in [0.05, 0.1) is 16.3 Å². The Morgan fingerprint density at radius 3 is 2.60 bits per heavy atom. The number of nitrogens with one attached hydrogen (secondary N) is 2. The van der Waals surface area contributed by atoms with Crippen molar-refractivity contribution in [2.75, 3.05) is 11.9 Å². The molecule has 0 heterocycles. The van der Waals surface area contributed by atoms with Gasteiger partial charge >= 0.3 is 0 Å². The van der Waals surface area contributed by atoms with E-state index >= 15 is 0 Å². The summed E-state index contributed by atoms with van der Waals surface area (Å²) in [6.07, 6.45) is 0.794. The minimum Gasteiger partial charge on any atom is -0.479 e. The SMILES string of the molecule is C=CCNC(=O)c1ccccc1NC(=O)[C@H](C)Oc1ccccc1Cl. The summed E-state index contributed by atoms with van der Waals surface area (Å²) < 4.78 is 5.59. The van der Waals surface area contributed by atoms with Crippen molar-refractivity contribution in [2.24, 2.45) is 0 Å². The molecule has 0 aliphatic heterocycles. The first-order valence-electron chi connectivity index (χ1n) is 7.73. The number of amides is 2. The molecule has 2 rings (SSSR count). The molecule has 2 amide bonds. The van der Waals surface area contributed by atoms with Crippen LogP contribution in [0.2, 0.25) is 5.02 Å². The van der Waals surface area contributed by atoms with Crippen molar-refractivity contribution in [1.29, 1.82) is 0 Å². The lowest BCUT2D eigenvalue weighted by Crippen LogP contribution is -2.31. The van der Waals surface area contributed by atoms with E-state index in [9.17, 15) is 9.59 Å². The van der Waals surface area contributed by atoms with Crippen LogP contribution in [0.4, 0.5) is 5.69 Å². The van der Waals surface area contributed by atoms with E-state index in [1.54, 1.807) is 61.5 Å². The van der Waals surface area contributed by atoms with Crippen LogP contribution in [0.5, 0.6) is 5.75 Å². The lowest BCUT2D eigenvalue weighted by molar-refractivity contribution is -0.122. The molecule has 0 unspecified atom stereocenters. The number of hydrogen-bond acceptors (Lipinski definition) is 3. The molecule has 5 nitrogen and oxygen atoms in total. The van der Waals surface area contributed by atoms with E-state index in [1.807, 2.05) is 0 Å². The van der Waals surface area contributed by atoms with E-state index in [0.717, 1.165) is 0 Å². The summed E-state index contributed by atoms with van der Waals surface area (Å²) in [7, 11) is 0. The minimum atomic E-state index is -0.788. The van der Waals surface area contributed by atoms with Crippen molar-refractivity contribution < 1.29 is 14.3 Å². The smallest absolute Gasteiger partial charge is 0.265 e. The minimum absolute atomic E-state index is 0.296. The highest BCUT2D eigenvalue weighted by atomic mass is 35.5. The van der Waals surface area contributed by atoms with Crippen LogP contribution in [0.3, 0.4) is 0 Å². The molecule has 0 aliphatic rings. The Balaban J connectivity index is 2.08. The van der Waals surface area contributed by atoms with Gasteiger partial charge < -0.3 is 15.4 Å². The fourth-order valence-corrected chi connectivity index (χ4v) is 2.25. The van der Waals surface area contributed by atoms with Gasteiger partial charge in [0, 0.05) is 6.54 Å². The number of rotatable bonds is 7. The molecular weight excluding hydrogens is 340 g/mol. The summed E-state index contributed by atoms with van der Waals surface area (Å²) in [5.74, 6) is -0.261. The highest BCUT2D eigenvalue weighted by molar-refractivity contribution is 6.32. The number of halogens is 1. The molecule has 0 bridgehead atoms. The summed E-state index contributed by atoms with van der Waals surface area (Å²) in [5, 5.41) is 5.82. The summed E-state index contributed by atoms with van der Waals surface area (Å²) in [5.41, 5.74) is 0.770. The summed E-state index contributed by atoms with van der Waals surface area (Å²) in [4.78, 5) is 24.5. The Morgan fingerprint density at radius 2 is 1.88 bits per heavy atom. The van der Waals surface area contributed by atoms with Crippen LogP contribution in [-0.2, 0) is 4.79 Å². The number of benzene rings is 2. The molecule has 2 aromatic carbocycles. The quantitative estimate of drug-likeness (QED) is 0.742. The van der Waals surface area contributed by atoms with Gasteiger partial charge in [-0.1, -0.05) is 41.9 Å². The maximum atomic E-state index is 12.4. The van der Waals surface area contributed by atoms with E-state index < -0.39 is 6.10 Å². The third-order valence-electron chi connectivity index (χ3n) is 3.35. The maximum absolute atomic E-state index is 12.4. The van der Waals surface area contributed by atoms with Crippen LogP contribution < -0.4 is 15.4 Å². The number of carbonyl (C=O) groups excluding carboxylic acids is 2. The zero-order chi connectivity index (χ0) is 18.2. The first-order chi connectivity index (χ1) is 12.0. The Kier molecular flexibility index (Phi) is 6.60. The molecule has 0 spiro atoms. The fourth-order valence-electron chi connectivity index (χ4n) is 2.07. The first-order valence-corrected chi connectivity index (χ1v) is 8.11. The Labute approximate surface area is 151 Å². The third kappa shape index (κ3) is 5.09. The number of carbonyl (C=O) groups is 2. The molecular formula is C19H19ClN2O3. The molecule has 0 radical (unpaired) electrons. The van der Waals surface area contributed by atoms with Gasteiger partial charge in [0.25, 0.3) is 11.8 Å². The predicted molar refractivity (Wildman–Crippen MR) is 99.1 cm³/mol. The second kappa shape index (κ2) is 8.89. The van der Waals surface area contributed by atoms with E-state index in [0.29, 0.717) is 28.6 Å². The van der Waals surface area contributed by atoms with Gasteiger partial charge in [-0.2, -0.15) is 0 Å². The predicted octanol–water partition coefficient (Wildman–Crippen LogP) is 3.66. The summed E-state index contributed by atoms with van der Waals surface area (Å²) >= 11 is 6.03. The van der Waals surface area contributed by atoms with Crippen LogP contribution in [0.1, 0.15) is 17.3 Å². The van der Waals surface area contributed by atoms with Crippen LogP contribution >= 0.6 is 11.6 Å². The van der Waals surface area contributed by atoms with Crippen molar-refractivity contribution in [1.82, 2.24) is 5.32 Å². The fraction of sp³-hybridized carbons (Fsp3) is 0.158. The number of hydrogen-bond donors (Lipinski definition) is 2. The van der Waals surface area contributed by atoms with Gasteiger partial charge in [0.15, 0.2) is 6.10 Å². The van der Waals surface area contributed by atoms with Crippen LogP contribution in [0.25, 0.3) is 0 Å². The van der Waals surface area contributed by atoms with Crippen LogP contribution in [0.15, 0.2) is 61.2 Å². The molecule has 2 N–H and O–H groups in total. The largest absolute Gasteiger partial charge is 0.479 e. The molecule has 25 heavy (non-hydrogen) atoms. The van der Waals surface area contributed by atoms with E-state index in [2.05, 4.69) is 17.2 Å². The van der Waals surface area contributed by atoms with Gasteiger partial charge in [-0.15, -0.1) is 6.58 Å². The summed E-state index contributed by atoms with van der Waals surface area (Å²) in [6, 6.07) is 13.7. The van der Waals surface area contributed by atoms with E-state index in [1.165, 1.54) is 0 Å². The number of ether oxygens (including phenoxy) is 1. The normalized spacial score (nSPS) is 11.3. The first kappa shape index (κ1) is 18.5. The van der Waals surface area contributed by atoms with Gasteiger partial charge in [-0.05, 0) is 31.2 Å². The molecule has 130 valence electrons. The second-order valence-corrected chi connectivity index (χ2v) is 5.63. The van der Waals surface area contributed by atoms with E-state index in [4.69, 9.17) is 16.3 Å². The Hall–Kier alpha value is -2.79. The monoisotopic (exact) mass is 358 g/mol. The molecule has 0 aliphatic carbocycles. The Bertz CT molecular complexity index is 777.